The number of hydrogen-bond donors (Lipinski definition) is 2. The molecule has 0 fully saturated rings. The van der Waals surface area contributed by atoms with Crippen LogP contribution in [0, 0.1) is 0 Å². The molecule has 1 unspecified atom stereocenters. The molecule has 7 heteroatoms. The van der Waals surface area contributed by atoms with Crippen LogP contribution >= 0.6 is 17.1 Å². The lowest BCUT2D eigenvalue weighted by Gasteiger charge is -2.21. The Balaban J connectivity index is 3.08. The maximum atomic E-state index is 12.0. The van der Waals surface area contributed by atoms with Gasteiger partial charge in [-0.2, -0.15) is 0 Å². The summed E-state index contributed by atoms with van der Waals surface area (Å²) in [6, 6.07) is 9.06. The van der Waals surface area contributed by atoms with Crippen molar-refractivity contribution in [2.75, 3.05) is 19.1 Å². The summed E-state index contributed by atoms with van der Waals surface area (Å²) in [4.78, 5) is 32.1. The van der Waals surface area contributed by atoms with Crippen molar-refractivity contribution in [3.8, 4) is 0 Å². The highest BCUT2D eigenvalue weighted by atomic mass is 32.9. The Morgan fingerprint density at radius 1 is 1.37 bits per heavy atom. The highest BCUT2D eigenvalue weighted by molar-refractivity contribution is 8.72. The maximum Gasteiger partial charge on any atom is 0.324 e. The second-order valence-corrected chi connectivity index (χ2v) is 13.7. The Kier molecular flexibility index (Phi) is 6.63. The number of hydrogen-bond acceptors (Lipinski definition) is 3. The van der Waals surface area contributed by atoms with Crippen LogP contribution in [0.1, 0.15) is 17.7 Å². The number of carbonyl (C=O) groups is 1. The van der Waals surface area contributed by atoms with Crippen LogP contribution in [-0.4, -0.2) is 34.9 Å². The summed E-state index contributed by atoms with van der Waals surface area (Å²) in [5.74, 6) is -0.434. The van der Waals surface area contributed by atoms with Crippen LogP contribution in [0.4, 0.5) is 0 Å². The Bertz CT molecular complexity index is 480. The predicted molar refractivity (Wildman–Crippen MR) is 84.0 cm³/mol. The zero-order valence-corrected chi connectivity index (χ0v) is 13.7. The molecule has 0 saturated carbocycles. The Labute approximate surface area is 120 Å². The third-order valence-electron chi connectivity index (χ3n) is 2.32. The number of carbonyl (C=O) groups excluding carboxylic acids is 1. The molecule has 0 heterocycles. The summed E-state index contributed by atoms with van der Waals surface area (Å²) in [5, 5.41) is -0.695. The van der Waals surface area contributed by atoms with E-state index in [2.05, 4.69) is 0 Å². The lowest BCUT2D eigenvalue weighted by molar-refractivity contribution is -0.142. The van der Waals surface area contributed by atoms with Gasteiger partial charge in [0.15, 0.2) is 0 Å². The van der Waals surface area contributed by atoms with Crippen LogP contribution in [0.2, 0.25) is 0 Å². The molecule has 0 aromatic heterocycles. The second-order valence-electron chi connectivity index (χ2n) is 3.91. The summed E-state index contributed by atoms with van der Waals surface area (Å²) in [5.41, 5.74) is -2.44. The first-order valence-corrected chi connectivity index (χ1v) is 11.5. The molecule has 0 amide bonds. The molecule has 1 aromatic rings. The summed E-state index contributed by atoms with van der Waals surface area (Å²) >= 11 is 0.916. The Morgan fingerprint density at radius 2 is 1.95 bits per heavy atom. The zero-order chi connectivity index (χ0) is 14.5. The van der Waals surface area contributed by atoms with E-state index in [4.69, 9.17) is 4.74 Å². The van der Waals surface area contributed by atoms with Crippen molar-refractivity contribution in [2.45, 2.75) is 12.2 Å². The van der Waals surface area contributed by atoms with Gasteiger partial charge >= 0.3 is 5.97 Å². The quantitative estimate of drug-likeness (QED) is 0.644. The topological polar surface area (TPSA) is 66.8 Å². The molecule has 1 atom stereocenters. The fourth-order valence-electron chi connectivity index (χ4n) is 1.31. The van der Waals surface area contributed by atoms with E-state index < -0.39 is 27.0 Å². The van der Waals surface area contributed by atoms with Crippen LogP contribution < -0.4 is 0 Å². The average Bonchev–Trinajstić information content (AvgIpc) is 2.37. The van der Waals surface area contributed by atoms with Gasteiger partial charge in [0.1, 0.15) is 5.25 Å². The number of rotatable bonds is 5. The molecular weight excluding hydrogens is 303 g/mol. The number of esters is 1. The first kappa shape index (κ1) is 16.8. The second kappa shape index (κ2) is 7.50. The molecule has 0 radical (unpaired) electrons. The van der Waals surface area contributed by atoms with Crippen LogP contribution in [0.5, 0.6) is 0 Å². The molecule has 1 rings (SSSR count). The van der Waals surface area contributed by atoms with Crippen LogP contribution in [0.3, 0.4) is 0 Å². The van der Waals surface area contributed by atoms with Gasteiger partial charge in [0, 0.05) is 0 Å². The standard InChI is InChI=1S/C12H19O4PS2/c1-4-16-12(13)11(10-8-6-5-7-9-10)18-17(14,15)19(2)3/h5-9,11,14-15H,4H2,1-3H3. The fourth-order valence-corrected chi connectivity index (χ4v) is 6.48. The summed E-state index contributed by atoms with van der Waals surface area (Å²) in [6.07, 6.45) is 3.52. The lowest BCUT2D eigenvalue weighted by atomic mass is 10.1. The van der Waals surface area contributed by atoms with E-state index in [9.17, 15) is 14.6 Å². The first-order chi connectivity index (χ1) is 8.88. The number of benzene rings is 1. The summed E-state index contributed by atoms with van der Waals surface area (Å²) in [6.45, 7) is 2.00. The van der Waals surface area contributed by atoms with Crippen LogP contribution in [0.25, 0.3) is 0 Å². The Morgan fingerprint density at radius 3 is 2.42 bits per heavy atom. The molecule has 0 bridgehead atoms. The van der Waals surface area contributed by atoms with Crippen molar-refractivity contribution in [3.05, 3.63) is 35.9 Å². The molecule has 0 spiro atoms. The molecule has 0 saturated heterocycles. The minimum absolute atomic E-state index is 0.273. The maximum absolute atomic E-state index is 12.0. The summed E-state index contributed by atoms with van der Waals surface area (Å²) in [7, 11) is -0.563. The van der Waals surface area contributed by atoms with Gasteiger partial charge in [0.2, 0.25) is 5.69 Å². The van der Waals surface area contributed by atoms with E-state index in [0.29, 0.717) is 0 Å². The minimum Gasteiger partial charge on any atom is -0.465 e. The van der Waals surface area contributed by atoms with Gasteiger partial charge in [0.05, 0.1) is 6.61 Å². The van der Waals surface area contributed by atoms with E-state index in [1.54, 1.807) is 31.6 Å². The van der Waals surface area contributed by atoms with Gasteiger partial charge in [-0.3, -0.25) is 4.79 Å². The SMILES string of the molecule is CCOC(=O)C(SP(O)(O)=S(C)C)c1ccccc1. The normalized spacial score (nSPS) is 13.4. The number of ether oxygens (including phenoxy) is 1. The van der Waals surface area contributed by atoms with Crippen LogP contribution in [-0.2, 0) is 19.6 Å². The molecule has 2 N–H and O–H groups in total. The van der Waals surface area contributed by atoms with Gasteiger partial charge in [-0.1, -0.05) is 41.7 Å². The van der Waals surface area contributed by atoms with Crippen molar-refractivity contribution in [3.63, 3.8) is 0 Å². The minimum atomic E-state index is -3.17. The Hall–Kier alpha value is -0.260. The predicted octanol–water partition coefficient (Wildman–Crippen LogP) is 2.56. The van der Waals surface area contributed by atoms with Gasteiger partial charge in [0.25, 0.3) is 0 Å². The zero-order valence-electron chi connectivity index (χ0n) is 11.1. The van der Waals surface area contributed by atoms with E-state index in [1.807, 2.05) is 18.2 Å². The fraction of sp³-hybridized carbons (Fsp3) is 0.417. The van der Waals surface area contributed by atoms with E-state index in [1.165, 1.54) is 0 Å². The van der Waals surface area contributed by atoms with Crippen molar-refractivity contribution >= 4 is 33.1 Å². The monoisotopic (exact) mass is 322 g/mol. The van der Waals surface area contributed by atoms with Crippen molar-refractivity contribution in [2.24, 2.45) is 0 Å². The molecule has 19 heavy (non-hydrogen) atoms. The smallest absolute Gasteiger partial charge is 0.324 e. The largest absolute Gasteiger partial charge is 0.465 e. The molecular formula is C12H19O4PS2. The van der Waals surface area contributed by atoms with E-state index in [-0.39, 0.29) is 6.61 Å². The molecule has 4 nitrogen and oxygen atoms in total. The lowest BCUT2D eigenvalue weighted by Crippen LogP contribution is -2.13. The van der Waals surface area contributed by atoms with E-state index >= 15 is 0 Å². The van der Waals surface area contributed by atoms with Gasteiger partial charge in [-0.25, -0.2) is 0 Å². The van der Waals surface area contributed by atoms with E-state index in [0.717, 1.165) is 16.9 Å². The molecule has 0 aliphatic carbocycles. The van der Waals surface area contributed by atoms with Crippen LogP contribution in [0.15, 0.2) is 30.3 Å². The summed E-state index contributed by atoms with van der Waals surface area (Å²) < 4.78 is 5.02. The molecule has 0 aliphatic rings. The average molecular weight is 322 g/mol. The van der Waals surface area contributed by atoms with Crippen molar-refractivity contribution < 1.29 is 19.3 Å². The third kappa shape index (κ3) is 4.97. The van der Waals surface area contributed by atoms with Crippen molar-refractivity contribution in [1.82, 2.24) is 0 Å². The van der Waals surface area contributed by atoms with Gasteiger partial charge in [-0.15, -0.1) is 10.1 Å². The molecule has 108 valence electrons. The van der Waals surface area contributed by atoms with Crippen molar-refractivity contribution in [1.29, 1.82) is 0 Å². The highest BCUT2D eigenvalue weighted by Crippen LogP contribution is 2.61. The van der Waals surface area contributed by atoms with Gasteiger partial charge in [-0.05, 0) is 25.0 Å². The highest BCUT2D eigenvalue weighted by Gasteiger charge is 2.29. The third-order valence-corrected chi connectivity index (χ3v) is 12.0. The van der Waals surface area contributed by atoms with Gasteiger partial charge < -0.3 is 14.5 Å². The molecule has 0 aliphatic heterocycles. The first-order valence-electron chi connectivity index (χ1n) is 5.71. The molecule has 1 aromatic carbocycles.